The first-order valence-electron chi connectivity index (χ1n) is 6.94. The molecule has 0 aliphatic carbocycles. The van der Waals surface area contributed by atoms with E-state index in [0.29, 0.717) is 26.1 Å². The summed E-state index contributed by atoms with van der Waals surface area (Å²) in [5, 5.41) is 0. The van der Waals surface area contributed by atoms with E-state index in [-0.39, 0.29) is 24.2 Å². The molecule has 18 heavy (non-hydrogen) atoms. The summed E-state index contributed by atoms with van der Waals surface area (Å²) < 4.78 is 11.2. The summed E-state index contributed by atoms with van der Waals surface area (Å²) >= 11 is 0. The lowest BCUT2D eigenvalue weighted by Gasteiger charge is -2.36. The third-order valence-electron chi connectivity index (χ3n) is 3.65. The Bertz CT molecular complexity index is 279. The van der Waals surface area contributed by atoms with Gasteiger partial charge in [0.15, 0.2) is 0 Å². The molecular weight excluding hydrogens is 232 g/mol. The maximum atomic E-state index is 12.1. The van der Waals surface area contributed by atoms with Gasteiger partial charge in [-0.2, -0.15) is 0 Å². The molecule has 2 N–H and O–H groups in total. The highest BCUT2D eigenvalue weighted by Gasteiger charge is 2.28. The second-order valence-corrected chi connectivity index (χ2v) is 5.28. The lowest BCUT2D eigenvalue weighted by molar-refractivity contribution is -0.144. The van der Waals surface area contributed by atoms with Gasteiger partial charge in [-0.25, -0.2) is 0 Å². The van der Waals surface area contributed by atoms with Crippen LogP contribution in [-0.2, 0) is 14.3 Å². The first-order chi connectivity index (χ1) is 8.69. The Kier molecular flexibility index (Phi) is 4.97. The van der Waals surface area contributed by atoms with Crippen molar-refractivity contribution in [3.05, 3.63) is 0 Å². The van der Waals surface area contributed by atoms with Crippen LogP contribution in [-0.4, -0.2) is 55.4 Å². The second kappa shape index (κ2) is 6.50. The molecule has 2 aliphatic rings. The van der Waals surface area contributed by atoms with Gasteiger partial charge in [0.25, 0.3) is 0 Å². The Hall–Kier alpha value is -0.650. The van der Waals surface area contributed by atoms with Gasteiger partial charge in [-0.3, -0.25) is 4.79 Å². The van der Waals surface area contributed by atoms with E-state index in [1.54, 1.807) is 0 Å². The zero-order valence-electron chi connectivity index (χ0n) is 11.1. The first-order valence-corrected chi connectivity index (χ1v) is 6.94. The van der Waals surface area contributed by atoms with Gasteiger partial charge in [-0.15, -0.1) is 0 Å². The molecule has 0 aromatic carbocycles. The number of rotatable bonds is 4. The minimum atomic E-state index is -0.0135. The monoisotopic (exact) mass is 256 g/mol. The number of nitrogens with zero attached hydrogens (tertiary/aromatic N) is 1. The Morgan fingerprint density at radius 3 is 2.89 bits per heavy atom. The normalized spacial score (nSPS) is 32.8. The molecular formula is C13H24N2O3. The SMILES string of the molecule is CC1CN(C(=O)CCC2CCCO2)CC(CN)O1. The summed E-state index contributed by atoms with van der Waals surface area (Å²) in [5.74, 6) is 0.208. The average Bonchev–Trinajstić information content (AvgIpc) is 2.88. The van der Waals surface area contributed by atoms with Crippen LogP contribution in [0.1, 0.15) is 32.6 Å². The molecule has 2 saturated heterocycles. The Morgan fingerprint density at radius 2 is 2.22 bits per heavy atom. The fourth-order valence-electron chi connectivity index (χ4n) is 2.69. The number of ether oxygens (including phenoxy) is 2. The van der Waals surface area contributed by atoms with Crippen LogP contribution in [0.2, 0.25) is 0 Å². The smallest absolute Gasteiger partial charge is 0.222 e. The van der Waals surface area contributed by atoms with E-state index in [4.69, 9.17) is 15.2 Å². The van der Waals surface area contributed by atoms with E-state index in [2.05, 4.69) is 0 Å². The molecule has 0 radical (unpaired) electrons. The zero-order chi connectivity index (χ0) is 13.0. The number of nitrogens with two attached hydrogens (primary N) is 1. The molecule has 2 rings (SSSR count). The molecule has 5 nitrogen and oxygen atoms in total. The van der Waals surface area contributed by atoms with Crippen molar-refractivity contribution in [2.24, 2.45) is 5.73 Å². The van der Waals surface area contributed by atoms with Crippen molar-refractivity contribution in [2.75, 3.05) is 26.2 Å². The Balaban J connectivity index is 1.76. The highest BCUT2D eigenvalue weighted by Crippen LogP contribution is 2.18. The van der Waals surface area contributed by atoms with Crippen molar-refractivity contribution < 1.29 is 14.3 Å². The molecule has 0 saturated carbocycles. The van der Waals surface area contributed by atoms with Crippen molar-refractivity contribution >= 4 is 5.91 Å². The summed E-state index contributed by atoms with van der Waals surface area (Å²) in [6.45, 7) is 4.62. The summed E-state index contributed by atoms with van der Waals surface area (Å²) in [5.41, 5.74) is 5.62. The number of hydrogen-bond acceptors (Lipinski definition) is 4. The quantitative estimate of drug-likeness (QED) is 0.796. The molecule has 0 aromatic rings. The predicted octanol–water partition coefficient (Wildman–Crippen LogP) is 0.520. The largest absolute Gasteiger partial charge is 0.378 e. The van der Waals surface area contributed by atoms with Gasteiger partial charge in [-0.1, -0.05) is 0 Å². The minimum absolute atomic E-state index is 0.0135. The molecule has 2 aliphatic heterocycles. The summed E-state index contributed by atoms with van der Waals surface area (Å²) in [6.07, 6.45) is 4.00. The van der Waals surface area contributed by atoms with Crippen molar-refractivity contribution in [1.82, 2.24) is 4.90 Å². The fourth-order valence-corrected chi connectivity index (χ4v) is 2.69. The molecule has 0 bridgehead atoms. The van der Waals surface area contributed by atoms with Crippen LogP contribution in [0.5, 0.6) is 0 Å². The van der Waals surface area contributed by atoms with E-state index in [1.807, 2.05) is 11.8 Å². The number of carbonyl (C=O) groups excluding carboxylic acids is 1. The van der Waals surface area contributed by atoms with Gasteiger partial charge in [0.1, 0.15) is 0 Å². The van der Waals surface area contributed by atoms with Crippen molar-refractivity contribution in [2.45, 2.75) is 50.9 Å². The maximum Gasteiger partial charge on any atom is 0.222 e. The average molecular weight is 256 g/mol. The van der Waals surface area contributed by atoms with Gasteiger partial charge < -0.3 is 20.1 Å². The van der Waals surface area contributed by atoms with E-state index in [9.17, 15) is 4.79 Å². The van der Waals surface area contributed by atoms with Crippen molar-refractivity contribution in [1.29, 1.82) is 0 Å². The first kappa shape index (κ1) is 13.8. The molecule has 2 fully saturated rings. The predicted molar refractivity (Wildman–Crippen MR) is 68.2 cm³/mol. The number of carbonyl (C=O) groups is 1. The van der Waals surface area contributed by atoms with Gasteiger partial charge in [0.2, 0.25) is 5.91 Å². The minimum Gasteiger partial charge on any atom is -0.378 e. The number of hydrogen-bond donors (Lipinski definition) is 1. The van der Waals surface area contributed by atoms with Gasteiger partial charge >= 0.3 is 0 Å². The maximum absolute atomic E-state index is 12.1. The Morgan fingerprint density at radius 1 is 1.39 bits per heavy atom. The standard InChI is InChI=1S/C13H24N2O3/c1-10-8-15(9-12(7-14)18-10)13(16)5-4-11-3-2-6-17-11/h10-12H,2-9,14H2,1H3. The van der Waals surface area contributed by atoms with E-state index >= 15 is 0 Å². The summed E-state index contributed by atoms with van der Waals surface area (Å²) in [4.78, 5) is 14.0. The topological polar surface area (TPSA) is 64.8 Å². The molecule has 1 amide bonds. The van der Waals surface area contributed by atoms with Gasteiger partial charge in [-0.05, 0) is 26.2 Å². The van der Waals surface area contributed by atoms with Crippen LogP contribution in [0, 0.1) is 0 Å². The number of amides is 1. The zero-order valence-corrected chi connectivity index (χ0v) is 11.1. The fraction of sp³-hybridized carbons (Fsp3) is 0.923. The van der Waals surface area contributed by atoms with Crippen molar-refractivity contribution in [3.63, 3.8) is 0 Å². The molecule has 0 spiro atoms. The van der Waals surface area contributed by atoms with Crippen LogP contribution in [0.3, 0.4) is 0 Å². The second-order valence-electron chi connectivity index (χ2n) is 5.28. The van der Waals surface area contributed by atoms with E-state index in [1.165, 1.54) is 0 Å². The molecule has 3 unspecified atom stereocenters. The summed E-state index contributed by atoms with van der Waals surface area (Å²) in [6, 6.07) is 0. The van der Waals surface area contributed by atoms with Crippen LogP contribution < -0.4 is 5.73 Å². The molecule has 104 valence electrons. The summed E-state index contributed by atoms with van der Waals surface area (Å²) in [7, 11) is 0. The van der Waals surface area contributed by atoms with E-state index in [0.717, 1.165) is 25.9 Å². The molecule has 3 atom stereocenters. The third kappa shape index (κ3) is 3.67. The van der Waals surface area contributed by atoms with Crippen molar-refractivity contribution in [3.8, 4) is 0 Å². The van der Waals surface area contributed by atoms with Gasteiger partial charge in [0.05, 0.1) is 18.3 Å². The lowest BCUT2D eigenvalue weighted by Crippen LogP contribution is -2.51. The number of morpholine rings is 1. The van der Waals surface area contributed by atoms with Crippen LogP contribution in [0.15, 0.2) is 0 Å². The van der Waals surface area contributed by atoms with Crippen LogP contribution in [0.25, 0.3) is 0 Å². The molecule has 5 heteroatoms. The third-order valence-corrected chi connectivity index (χ3v) is 3.65. The highest BCUT2D eigenvalue weighted by atomic mass is 16.5. The van der Waals surface area contributed by atoms with Crippen LogP contribution in [0.4, 0.5) is 0 Å². The highest BCUT2D eigenvalue weighted by molar-refractivity contribution is 5.76. The van der Waals surface area contributed by atoms with Gasteiger partial charge in [0, 0.05) is 32.7 Å². The molecule has 0 aromatic heterocycles. The molecule has 2 heterocycles. The Labute approximate surface area is 109 Å². The lowest BCUT2D eigenvalue weighted by atomic mass is 10.1. The van der Waals surface area contributed by atoms with E-state index < -0.39 is 0 Å². The van der Waals surface area contributed by atoms with Crippen LogP contribution >= 0.6 is 0 Å².